The van der Waals surface area contributed by atoms with Crippen LogP contribution in [0.4, 0.5) is 5.69 Å². The van der Waals surface area contributed by atoms with Gasteiger partial charge in [-0.25, -0.2) is 11.4 Å². The molecule has 13 heteroatoms. The molecule has 11 nitrogen and oxygen atoms in total. The molecule has 1 aromatic rings. The third-order valence-corrected chi connectivity index (χ3v) is 6.41. The molecule has 162 valence electrons. The van der Waals surface area contributed by atoms with Crippen LogP contribution in [0.25, 0.3) is 0 Å². The Labute approximate surface area is 178 Å². The van der Waals surface area contributed by atoms with Crippen molar-refractivity contribution in [3.8, 4) is 0 Å². The molecule has 1 saturated heterocycles. The Morgan fingerprint density at radius 3 is 2.97 bits per heavy atom. The fourth-order valence-corrected chi connectivity index (χ4v) is 4.90. The number of rotatable bonds is 12. The summed E-state index contributed by atoms with van der Waals surface area (Å²) in [5.74, 6) is 5.39. The molecule has 0 radical (unpaired) electrons. The predicted octanol–water partition coefficient (Wildman–Crippen LogP) is -1.72. The summed E-state index contributed by atoms with van der Waals surface area (Å²) in [6, 6.07) is 4.06. The number of hydrazone groups is 1. The van der Waals surface area contributed by atoms with Gasteiger partial charge in [0.1, 0.15) is 5.56 Å². The minimum atomic E-state index is -1.81. The summed E-state index contributed by atoms with van der Waals surface area (Å²) in [4.78, 5) is 13.5. The van der Waals surface area contributed by atoms with Gasteiger partial charge in [0.25, 0.3) is 0 Å². The number of hydrogen-bond donors (Lipinski definition) is 7. The van der Waals surface area contributed by atoms with Crippen LogP contribution in [0.15, 0.2) is 27.0 Å². The molecule has 0 aromatic heterocycles. The highest BCUT2D eigenvalue weighted by Gasteiger charge is 2.27. The van der Waals surface area contributed by atoms with Crippen molar-refractivity contribution >= 4 is 41.2 Å². The van der Waals surface area contributed by atoms with Crippen LogP contribution in [-0.2, 0) is 16.2 Å². The number of hydrazine groups is 1. The summed E-state index contributed by atoms with van der Waals surface area (Å²) >= 11 is -0.431. The van der Waals surface area contributed by atoms with Gasteiger partial charge in [-0.2, -0.15) is 0 Å². The van der Waals surface area contributed by atoms with E-state index in [1.54, 1.807) is 0 Å². The van der Waals surface area contributed by atoms with Gasteiger partial charge in [0, 0.05) is 32.7 Å². The van der Waals surface area contributed by atoms with Crippen LogP contribution in [-0.4, -0.2) is 56.1 Å². The van der Waals surface area contributed by atoms with E-state index < -0.39 is 11.4 Å². The van der Waals surface area contributed by atoms with Gasteiger partial charge < -0.3 is 25.8 Å². The van der Waals surface area contributed by atoms with E-state index >= 15 is 0 Å². The average Bonchev–Trinajstić information content (AvgIpc) is 3.22. The largest absolute Gasteiger partial charge is 0.593 e. The van der Waals surface area contributed by atoms with E-state index in [-0.39, 0.29) is 5.84 Å². The second-order valence-electron chi connectivity index (χ2n) is 6.47. The lowest BCUT2D eigenvalue weighted by molar-refractivity contribution is -0.109. The van der Waals surface area contributed by atoms with Gasteiger partial charge in [-0.15, -0.1) is 10.2 Å². The predicted molar refractivity (Wildman–Crippen MR) is 117 cm³/mol. The number of amidine groups is 1. The summed E-state index contributed by atoms with van der Waals surface area (Å²) in [5.41, 5.74) is 9.50. The van der Waals surface area contributed by atoms with Crippen molar-refractivity contribution in [2.75, 3.05) is 38.1 Å². The smallest absolute Gasteiger partial charge is 0.207 e. The minimum absolute atomic E-state index is 0.0825. The molecule has 0 aliphatic carbocycles. The van der Waals surface area contributed by atoms with Crippen molar-refractivity contribution in [1.29, 1.82) is 0 Å². The van der Waals surface area contributed by atoms with Crippen molar-refractivity contribution in [2.45, 2.75) is 28.7 Å². The Kier molecular flexibility index (Phi) is 9.80. The van der Waals surface area contributed by atoms with Crippen molar-refractivity contribution < 1.29 is 9.35 Å². The normalized spacial score (nSPS) is 17.8. The zero-order valence-corrected chi connectivity index (χ0v) is 17.9. The molecule has 2 rings (SSSR count). The highest BCUT2D eigenvalue weighted by molar-refractivity contribution is 7.98. The molecule has 1 amide bonds. The van der Waals surface area contributed by atoms with Crippen LogP contribution in [0.5, 0.6) is 0 Å². The highest BCUT2D eigenvalue weighted by atomic mass is 32.2. The Balaban J connectivity index is 2.35. The maximum absolute atomic E-state index is 12.5. The van der Waals surface area contributed by atoms with Crippen LogP contribution in [0, 0.1) is 0 Å². The zero-order valence-electron chi connectivity index (χ0n) is 16.3. The standard InChI is InChI=1S/C16H29N9O2S2/c1-25(8-2-6-21-10-26)12-3-4-13(28-23-11-5-7-20-9-11)15(29(19)27)14(12)16(17)22-24-18/h3-4,10-11,20,23-24H,2,5-9,18-19H2,1H3,(H2,17,22)(H,21,26). The van der Waals surface area contributed by atoms with Gasteiger partial charge in [0.15, 0.2) is 5.84 Å². The molecule has 1 aromatic carbocycles. The lowest BCUT2D eigenvalue weighted by Crippen LogP contribution is -2.31. The molecule has 1 heterocycles. The van der Waals surface area contributed by atoms with E-state index in [9.17, 15) is 9.35 Å². The third-order valence-electron chi connectivity index (χ3n) is 4.45. The molecule has 0 spiro atoms. The second kappa shape index (κ2) is 12.1. The van der Waals surface area contributed by atoms with Crippen LogP contribution in [0.3, 0.4) is 0 Å². The third kappa shape index (κ3) is 6.64. The van der Waals surface area contributed by atoms with E-state index in [1.807, 2.05) is 24.1 Å². The van der Waals surface area contributed by atoms with Gasteiger partial charge >= 0.3 is 0 Å². The molecule has 2 unspecified atom stereocenters. The number of benzene rings is 1. The summed E-state index contributed by atoms with van der Waals surface area (Å²) < 4.78 is 15.8. The van der Waals surface area contributed by atoms with Gasteiger partial charge in [-0.3, -0.25) is 9.52 Å². The Bertz CT molecular complexity index is 699. The van der Waals surface area contributed by atoms with E-state index in [0.717, 1.165) is 19.5 Å². The molecule has 1 aliphatic heterocycles. The first-order valence-corrected chi connectivity index (χ1v) is 11.2. The first kappa shape index (κ1) is 23.5. The summed E-state index contributed by atoms with van der Waals surface area (Å²) in [6.45, 7) is 3.01. The SMILES string of the molecule is CN(CCCNC=O)c1ccc(SNC2CCNC2)c([S+](N)[O-])c1/C(N)=N/NN. The van der Waals surface area contributed by atoms with E-state index in [0.29, 0.717) is 53.0 Å². The molecular weight excluding hydrogens is 414 g/mol. The molecular formula is C16H29N9O2S2. The van der Waals surface area contributed by atoms with Crippen LogP contribution in [0.2, 0.25) is 0 Å². The Morgan fingerprint density at radius 2 is 2.34 bits per heavy atom. The van der Waals surface area contributed by atoms with Crippen LogP contribution in [0.1, 0.15) is 18.4 Å². The number of amides is 1. The van der Waals surface area contributed by atoms with Crippen LogP contribution >= 0.6 is 11.9 Å². The van der Waals surface area contributed by atoms with Crippen molar-refractivity contribution in [2.24, 2.45) is 21.8 Å². The van der Waals surface area contributed by atoms with Gasteiger partial charge in [-0.05, 0) is 43.5 Å². The minimum Gasteiger partial charge on any atom is -0.593 e. The summed E-state index contributed by atoms with van der Waals surface area (Å²) in [6.07, 6.45) is 2.39. The number of hydrogen-bond acceptors (Lipinski definition) is 10. The first-order valence-electron chi connectivity index (χ1n) is 9.13. The van der Waals surface area contributed by atoms with Crippen molar-refractivity contribution in [1.82, 2.24) is 20.9 Å². The Morgan fingerprint density at radius 1 is 1.55 bits per heavy atom. The highest BCUT2D eigenvalue weighted by Crippen LogP contribution is 2.34. The van der Waals surface area contributed by atoms with Gasteiger partial charge in [0.05, 0.1) is 21.9 Å². The fraction of sp³-hybridized carbons (Fsp3) is 0.500. The maximum atomic E-state index is 12.5. The number of carbonyl (C=O) groups excluding carboxylic acids is 1. The lowest BCUT2D eigenvalue weighted by Gasteiger charge is -2.25. The first-order chi connectivity index (χ1) is 14.0. The molecule has 29 heavy (non-hydrogen) atoms. The fourth-order valence-electron chi connectivity index (χ4n) is 3.02. The second-order valence-corrected chi connectivity index (χ2v) is 8.35. The molecule has 2 atom stereocenters. The molecule has 0 bridgehead atoms. The monoisotopic (exact) mass is 443 g/mol. The van der Waals surface area contributed by atoms with Crippen molar-refractivity contribution in [3.05, 3.63) is 17.7 Å². The molecule has 10 N–H and O–H groups in total. The number of carbonyl (C=O) groups is 1. The number of anilines is 1. The van der Waals surface area contributed by atoms with Crippen molar-refractivity contribution in [3.63, 3.8) is 0 Å². The molecule has 0 saturated carbocycles. The van der Waals surface area contributed by atoms with E-state index in [1.165, 1.54) is 11.9 Å². The maximum Gasteiger partial charge on any atom is 0.207 e. The lowest BCUT2D eigenvalue weighted by atomic mass is 10.1. The zero-order chi connectivity index (χ0) is 21.2. The number of nitrogens with zero attached hydrogens (tertiary/aromatic N) is 2. The molecule has 1 aliphatic rings. The number of nitrogens with one attached hydrogen (secondary N) is 4. The number of nitrogens with two attached hydrogens (primary N) is 3. The van der Waals surface area contributed by atoms with Gasteiger partial charge in [-0.1, -0.05) is 0 Å². The quantitative estimate of drug-likeness (QED) is 0.0287. The molecule has 1 fully saturated rings. The average molecular weight is 444 g/mol. The van der Waals surface area contributed by atoms with E-state index in [4.69, 9.17) is 16.7 Å². The summed E-state index contributed by atoms with van der Waals surface area (Å²) in [5, 5.41) is 15.6. The summed E-state index contributed by atoms with van der Waals surface area (Å²) in [7, 11) is 1.88. The van der Waals surface area contributed by atoms with Crippen LogP contribution < -0.4 is 42.5 Å². The topological polar surface area (TPSA) is 182 Å². The van der Waals surface area contributed by atoms with Gasteiger partial charge in [0.2, 0.25) is 11.3 Å². The van der Waals surface area contributed by atoms with E-state index in [2.05, 4.69) is 26.0 Å². The Hall–Kier alpha value is -1.74.